The second kappa shape index (κ2) is 36.1. The van der Waals surface area contributed by atoms with Crippen LogP contribution in [0.4, 0.5) is 0 Å². The molecule has 0 radical (unpaired) electrons. The van der Waals surface area contributed by atoms with Crippen molar-refractivity contribution in [1.29, 1.82) is 0 Å². The highest BCUT2D eigenvalue weighted by Gasteiger charge is 2.37. The van der Waals surface area contributed by atoms with E-state index in [4.69, 9.17) is 11.5 Å². The molecule has 27 heteroatoms. The van der Waals surface area contributed by atoms with Gasteiger partial charge in [0.05, 0.1) is 19.1 Å². The minimum atomic E-state index is -1.85. The number of phenolic OH excluding ortho intramolecular Hbond substituents is 1. The summed E-state index contributed by atoms with van der Waals surface area (Å²) in [6, 6.07) is 0.753. The van der Waals surface area contributed by atoms with E-state index in [0.29, 0.717) is 36.3 Å². The number of aliphatic carboxylic acids is 2. The van der Waals surface area contributed by atoms with Gasteiger partial charge in [-0.3, -0.25) is 47.9 Å². The highest BCUT2D eigenvalue weighted by atomic mass is 32.2. The van der Waals surface area contributed by atoms with E-state index in [-0.39, 0.29) is 56.7 Å². The Bertz CT molecular complexity index is 2420. The number of carbonyl (C=O) groups is 11. The maximum absolute atomic E-state index is 14.3. The van der Waals surface area contributed by atoms with Crippen molar-refractivity contribution in [3.05, 3.63) is 65.7 Å². The lowest BCUT2D eigenvalue weighted by Gasteiger charge is -2.30. The Morgan fingerprint density at radius 1 is 0.543 bits per heavy atom. The van der Waals surface area contributed by atoms with Gasteiger partial charge in [-0.25, -0.2) is 4.79 Å². The Morgan fingerprint density at radius 3 is 1.58 bits per heavy atom. The first-order valence-electron chi connectivity index (χ1n) is 26.8. The molecule has 26 nitrogen and oxygen atoms in total. The number of carboxylic acids is 2. The molecule has 9 amide bonds. The number of rotatable bonds is 37. The topological polar surface area (TPSA) is 429 Å². The number of unbranched alkanes of at least 4 members (excludes halogenated alkanes) is 1. The Balaban J connectivity index is 2.35. The molecule has 17 N–H and O–H groups in total. The lowest BCUT2D eigenvalue weighted by Crippen LogP contribution is -2.62. The summed E-state index contributed by atoms with van der Waals surface area (Å²) in [5.74, 6) is -11.3. The largest absolute Gasteiger partial charge is 0.508 e. The van der Waals surface area contributed by atoms with Gasteiger partial charge in [0, 0.05) is 12.8 Å². The molecule has 0 aliphatic rings. The second-order valence-electron chi connectivity index (χ2n) is 20.2. The third-order valence-electron chi connectivity index (χ3n) is 12.9. The van der Waals surface area contributed by atoms with Crippen molar-refractivity contribution in [3.8, 4) is 5.75 Å². The number of hydrogen-bond donors (Lipinski definition) is 15. The number of hydrogen-bond acceptors (Lipinski definition) is 16. The highest BCUT2D eigenvalue weighted by molar-refractivity contribution is 7.98. The number of benzene rings is 2. The number of amides is 9. The van der Waals surface area contributed by atoms with Crippen LogP contribution >= 0.6 is 11.8 Å². The standard InChI is InChI=1S/C54H83N11O15S/c1-8-30(4)44(52(77)62-39(25-33-14-10-9-11-15-33)50(75)61-40(27-43(69)70)51(76)63-41(54(79)80)26-34-17-19-35(67)20-18-34)64-53(78)45(32(6)66)65-46(71)31(5)57-47(72)37(21-23-81-7)60-48(73)36(16-12-13-22-55)59-49(74)38(24-29(2)3)58-42(68)28-56/h9-11,14-15,17-20,29-32,36-41,44-45,66-67H,8,12-13,16,21-28,55-56H2,1-7H3,(H,57,72)(H,58,68)(H,59,74)(H,60,73)(H,61,75)(H,62,77)(H,63,76)(H,64,78)(H,65,71)(H,69,70)(H,79,80)/t30-,31-,32+,36-,37-,38-,39-,40-,41-,44-,45-/m0/s1. The molecular formula is C54H83N11O15S. The van der Waals surface area contributed by atoms with Crippen LogP contribution in [-0.4, -0.2) is 171 Å². The van der Waals surface area contributed by atoms with Crippen LogP contribution in [0, 0.1) is 11.8 Å². The molecule has 11 atom stereocenters. The molecule has 0 unspecified atom stereocenters. The Kier molecular flexibility index (Phi) is 31.1. The van der Waals surface area contributed by atoms with Gasteiger partial charge in [-0.05, 0) is 99.6 Å². The molecule has 0 aromatic heterocycles. The zero-order chi connectivity index (χ0) is 60.9. The van der Waals surface area contributed by atoms with Gasteiger partial charge in [-0.15, -0.1) is 0 Å². The van der Waals surface area contributed by atoms with Crippen molar-refractivity contribution < 1.29 is 73.2 Å². The molecule has 0 heterocycles. The zero-order valence-corrected chi connectivity index (χ0v) is 47.8. The van der Waals surface area contributed by atoms with Crippen LogP contribution in [0.3, 0.4) is 0 Å². The number of carbonyl (C=O) groups excluding carboxylic acids is 9. The van der Waals surface area contributed by atoms with E-state index in [2.05, 4.69) is 47.9 Å². The molecule has 0 saturated carbocycles. The van der Waals surface area contributed by atoms with Crippen LogP contribution in [0.5, 0.6) is 5.75 Å². The average Bonchev–Trinajstić information content (AvgIpc) is 3.41. The van der Waals surface area contributed by atoms with Crippen LogP contribution in [0.25, 0.3) is 0 Å². The van der Waals surface area contributed by atoms with Gasteiger partial charge >= 0.3 is 11.9 Å². The van der Waals surface area contributed by atoms with Crippen molar-refractivity contribution in [2.75, 3.05) is 25.1 Å². The van der Waals surface area contributed by atoms with Gasteiger partial charge in [0.25, 0.3) is 0 Å². The highest BCUT2D eigenvalue weighted by Crippen LogP contribution is 2.15. The molecule has 450 valence electrons. The summed E-state index contributed by atoms with van der Waals surface area (Å²) in [6.07, 6.45) is 0.334. The Hall–Kier alpha value is -7.36. The number of phenols is 1. The predicted molar refractivity (Wildman–Crippen MR) is 300 cm³/mol. The normalized spacial score (nSPS) is 15.2. The first-order chi connectivity index (χ1) is 38.2. The summed E-state index contributed by atoms with van der Waals surface area (Å²) in [4.78, 5) is 147. The first-order valence-corrected chi connectivity index (χ1v) is 28.2. The van der Waals surface area contributed by atoms with Crippen LogP contribution in [0.1, 0.15) is 97.6 Å². The molecule has 0 fully saturated rings. The number of aromatic hydroxyl groups is 1. The summed E-state index contributed by atoms with van der Waals surface area (Å²) in [5, 5.41) is 62.7. The number of nitrogens with two attached hydrogens (primary N) is 2. The molecular weight excluding hydrogens is 1070 g/mol. The van der Waals surface area contributed by atoms with Crippen molar-refractivity contribution in [2.24, 2.45) is 23.3 Å². The minimum Gasteiger partial charge on any atom is -0.508 e. The first kappa shape index (κ1) is 69.7. The summed E-state index contributed by atoms with van der Waals surface area (Å²) in [5.41, 5.74) is 12.1. The molecule has 0 saturated heterocycles. The lowest BCUT2D eigenvalue weighted by atomic mass is 9.96. The quantitative estimate of drug-likeness (QED) is 0.0340. The minimum absolute atomic E-state index is 0.0263. The average molecular weight is 1160 g/mol. The number of aliphatic hydroxyl groups excluding tert-OH is 1. The van der Waals surface area contributed by atoms with Crippen LogP contribution in [0.2, 0.25) is 0 Å². The van der Waals surface area contributed by atoms with Crippen molar-refractivity contribution in [2.45, 2.75) is 160 Å². The van der Waals surface area contributed by atoms with E-state index in [1.807, 2.05) is 13.8 Å². The van der Waals surface area contributed by atoms with Crippen LogP contribution in [0.15, 0.2) is 54.6 Å². The fourth-order valence-electron chi connectivity index (χ4n) is 8.09. The smallest absolute Gasteiger partial charge is 0.326 e. The summed E-state index contributed by atoms with van der Waals surface area (Å²) in [7, 11) is 0. The van der Waals surface area contributed by atoms with Gasteiger partial charge in [-0.1, -0.05) is 76.6 Å². The lowest BCUT2D eigenvalue weighted by molar-refractivity contribution is -0.143. The number of thioether (sulfide) groups is 1. The summed E-state index contributed by atoms with van der Waals surface area (Å²) in [6.45, 7) is 9.42. The third-order valence-corrected chi connectivity index (χ3v) is 13.5. The predicted octanol–water partition coefficient (Wildman–Crippen LogP) is -1.57. The zero-order valence-electron chi connectivity index (χ0n) is 47.0. The van der Waals surface area contributed by atoms with Gasteiger partial charge in [0.15, 0.2) is 0 Å². The van der Waals surface area contributed by atoms with Crippen molar-refractivity contribution in [3.63, 3.8) is 0 Å². The van der Waals surface area contributed by atoms with Gasteiger partial charge in [0.1, 0.15) is 60.1 Å². The van der Waals surface area contributed by atoms with Gasteiger partial charge in [0.2, 0.25) is 53.2 Å². The summed E-state index contributed by atoms with van der Waals surface area (Å²) < 4.78 is 0. The molecule has 2 aromatic carbocycles. The molecule has 2 aromatic rings. The second-order valence-corrected chi connectivity index (χ2v) is 21.1. The molecule has 0 bridgehead atoms. The van der Waals surface area contributed by atoms with E-state index in [0.717, 1.165) is 0 Å². The number of nitrogens with one attached hydrogen (secondary N) is 9. The van der Waals surface area contributed by atoms with Gasteiger partial charge < -0.3 is 79.7 Å². The van der Waals surface area contributed by atoms with Crippen LogP contribution < -0.4 is 59.3 Å². The molecule has 81 heavy (non-hydrogen) atoms. The SMILES string of the molecule is CC[C@H](C)[C@H](NC(=O)[C@@H](NC(=O)[C@H](C)NC(=O)[C@H](CCSC)NC(=O)[C@H](CCCCN)NC(=O)[C@H](CC(C)C)NC(=O)CN)[C@@H](C)O)C(=O)N[C@@H](Cc1ccccc1)C(=O)N[C@@H](CC(=O)O)C(=O)N[C@@H](Cc1ccc(O)cc1)C(=O)O. The number of aliphatic hydroxyl groups is 1. The third kappa shape index (κ3) is 25.3. The summed E-state index contributed by atoms with van der Waals surface area (Å²) >= 11 is 1.37. The molecule has 0 aliphatic heterocycles. The molecule has 0 spiro atoms. The molecule has 0 aliphatic carbocycles. The van der Waals surface area contributed by atoms with Crippen molar-refractivity contribution >= 4 is 76.9 Å². The van der Waals surface area contributed by atoms with E-state index in [9.17, 15) is 73.2 Å². The van der Waals surface area contributed by atoms with E-state index < -0.39 is 138 Å². The van der Waals surface area contributed by atoms with Crippen molar-refractivity contribution in [1.82, 2.24) is 47.9 Å². The van der Waals surface area contributed by atoms with E-state index in [1.54, 1.807) is 50.4 Å². The fourth-order valence-corrected chi connectivity index (χ4v) is 8.56. The van der Waals surface area contributed by atoms with Crippen LogP contribution in [-0.2, 0) is 65.6 Å². The van der Waals surface area contributed by atoms with Gasteiger partial charge in [-0.2, -0.15) is 11.8 Å². The monoisotopic (exact) mass is 1160 g/mol. The fraction of sp³-hybridized carbons (Fsp3) is 0.574. The Morgan fingerprint density at radius 2 is 1.04 bits per heavy atom. The van der Waals surface area contributed by atoms with E-state index >= 15 is 0 Å². The number of carboxylic acid groups (broad SMARTS) is 2. The molecule has 2 rings (SSSR count). The maximum Gasteiger partial charge on any atom is 0.326 e. The Labute approximate surface area is 476 Å². The maximum atomic E-state index is 14.3. The van der Waals surface area contributed by atoms with E-state index in [1.165, 1.54) is 49.9 Å².